The Labute approximate surface area is 141 Å². The highest BCUT2D eigenvalue weighted by molar-refractivity contribution is 5.91. The Morgan fingerprint density at radius 2 is 1.92 bits per heavy atom. The zero-order valence-electron chi connectivity index (χ0n) is 14.1. The van der Waals surface area contributed by atoms with Crippen LogP contribution in [0.3, 0.4) is 0 Å². The van der Waals surface area contributed by atoms with Crippen molar-refractivity contribution in [1.82, 2.24) is 24.9 Å². The highest BCUT2D eigenvalue weighted by Gasteiger charge is 2.16. The van der Waals surface area contributed by atoms with Gasteiger partial charge in [0.25, 0.3) is 11.7 Å². The first-order valence-corrected chi connectivity index (χ1v) is 8.16. The number of hydrogen-bond acceptors (Lipinski definition) is 4. The van der Waals surface area contributed by atoms with Crippen LogP contribution in [0.5, 0.6) is 0 Å². The summed E-state index contributed by atoms with van der Waals surface area (Å²) in [6.45, 7) is 6.34. The lowest BCUT2D eigenvalue weighted by atomic mass is 9.96. The van der Waals surface area contributed by atoms with E-state index in [0.717, 1.165) is 12.0 Å². The van der Waals surface area contributed by atoms with E-state index in [-0.39, 0.29) is 17.8 Å². The van der Waals surface area contributed by atoms with Crippen molar-refractivity contribution >= 4 is 11.7 Å². The molecule has 1 amide bonds. The normalized spacial score (nSPS) is 13.6. The number of benzene rings is 1. The standard InChI is InChI=1S/C18H21N5O/c1-4-12(2)14-6-8-15(9-7-14)13(3)20-17(24)16-21-18-19-10-5-11-23(18)22-16/h5-13H,4H2,1-3H3,(H,20,24)/t12-,13-/m0/s1. The van der Waals surface area contributed by atoms with Crippen LogP contribution >= 0.6 is 0 Å². The smallest absolute Gasteiger partial charge is 0.291 e. The summed E-state index contributed by atoms with van der Waals surface area (Å²) < 4.78 is 1.49. The molecule has 0 radical (unpaired) electrons. The molecule has 2 heterocycles. The lowest BCUT2D eigenvalue weighted by Crippen LogP contribution is -2.27. The average Bonchev–Trinajstić information content (AvgIpc) is 3.05. The minimum Gasteiger partial charge on any atom is -0.343 e. The third-order valence-electron chi connectivity index (χ3n) is 4.29. The zero-order valence-corrected chi connectivity index (χ0v) is 14.1. The fraction of sp³-hybridized carbons (Fsp3) is 0.333. The molecule has 1 N–H and O–H groups in total. The first kappa shape index (κ1) is 16.1. The number of amides is 1. The van der Waals surface area contributed by atoms with E-state index in [4.69, 9.17) is 0 Å². The van der Waals surface area contributed by atoms with Gasteiger partial charge in [-0.15, -0.1) is 5.10 Å². The predicted molar refractivity (Wildman–Crippen MR) is 91.8 cm³/mol. The van der Waals surface area contributed by atoms with Gasteiger partial charge in [-0.2, -0.15) is 4.98 Å². The first-order valence-electron chi connectivity index (χ1n) is 8.16. The third-order valence-corrected chi connectivity index (χ3v) is 4.29. The van der Waals surface area contributed by atoms with Crippen molar-refractivity contribution in [2.75, 3.05) is 0 Å². The molecule has 0 bridgehead atoms. The molecule has 0 saturated carbocycles. The van der Waals surface area contributed by atoms with Crippen molar-refractivity contribution in [2.24, 2.45) is 0 Å². The maximum atomic E-state index is 12.3. The minimum absolute atomic E-state index is 0.122. The average molecular weight is 323 g/mol. The van der Waals surface area contributed by atoms with Gasteiger partial charge < -0.3 is 5.32 Å². The second-order valence-corrected chi connectivity index (χ2v) is 5.97. The number of nitrogens with one attached hydrogen (secondary N) is 1. The topological polar surface area (TPSA) is 72.2 Å². The highest BCUT2D eigenvalue weighted by Crippen LogP contribution is 2.21. The Morgan fingerprint density at radius 3 is 2.58 bits per heavy atom. The van der Waals surface area contributed by atoms with Crippen LogP contribution in [-0.4, -0.2) is 25.5 Å². The minimum atomic E-state index is -0.306. The lowest BCUT2D eigenvalue weighted by Gasteiger charge is -2.15. The second-order valence-electron chi connectivity index (χ2n) is 5.97. The van der Waals surface area contributed by atoms with Gasteiger partial charge in [0.05, 0.1) is 6.04 Å². The van der Waals surface area contributed by atoms with Gasteiger partial charge in [0.15, 0.2) is 0 Å². The summed E-state index contributed by atoms with van der Waals surface area (Å²) in [7, 11) is 0. The molecule has 0 aliphatic carbocycles. The summed E-state index contributed by atoms with van der Waals surface area (Å²) in [4.78, 5) is 20.5. The van der Waals surface area contributed by atoms with E-state index in [2.05, 4.69) is 58.5 Å². The Bertz CT molecular complexity index is 807. The third kappa shape index (κ3) is 3.27. The van der Waals surface area contributed by atoms with Crippen molar-refractivity contribution in [2.45, 2.75) is 39.2 Å². The van der Waals surface area contributed by atoms with Gasteiger partial charge in [-0.05, 0) is 36.5 Å². The van der Waals surface area contributed by atoms with E-state index in [1.807, 2.05) is 6.92 Å². The van der Waals surface area contributed by atoms with Gasteiger partial charge in [0.1, 0.15) is 0 Å². The molecule has 0 aliphatic heterocycles. The van der Waals surface area contributed by atoms with E-state index in [1.165, 1.54) is 10.1 Å². The molecule has 0 unspecified atom stereocenters. The van der Waals surface area contributed by atoms with Crippen molar-refractivity contribution in [3.05, 3.63) is 59.7 Å². The Morgan fingerprint density at radius 1 is 1.21 bits per heavy atom. The number of fused-ring (bicyclic) bond motifs is 1. The number of carbonyl (C=O) groups excluding carboxylic acids is 1. The Hall–Kier alpha value is -2.76. The van der Waals surface area contributed by atoms with Crippen molar-refractivity contribution in [3.63, 3.8) is 0 Å². The van der Waals surface area contributed by atoms with E-state index in [1.54, 1.807) is 18.5 Å². The SMILES string of the molecule is CC[C@H](C)c1ccc([C@H](C)NC(=O)c2nc3ncccn3n2)cc1. The quantitative estimate of drug-likeness (QED) is 0.783. The first-order chi connectivity index (χ1) is 11.6. The molecule has 1 aromatic carbocycles. The Kier molecular flexibility index (Phi) is 4.55. The van der Waals surface area contributed by atoms with Crippen LogP contribution in [-0.2, 0) is 0 Å². The molecule has 0 spiro atoms. The molecule has 3 aromatic rings. The van der Waals surface area contributed by atoms with Crippen LogP contribution in [0.1, 0.15) is 60.9 Å². The number of rotatable bonds is 5. The van der Waals surface area contributed by atoms with Gasteiger partial charge in [-0.1, -0.05) is 38.1 Å². The van der Waals surface area contributed by atoms with E-state index < -0.39 is 0 Å². The lowest BCUT2D eigenvalue weighted by molar-refractivity contribution is 0.0929. The summed E-state index contributed by atoms with van der Waals surface area (Å²) >= 11 is 0. The molecule has 24 heavy (non-hydrogen) atoms. The van der Waals surface area contributed by atoms with Crippen molar-refractivity contribution < 1.29 is 4.79 Å². The number of aromatic nitrogens is 4. The van der Waals surface area contributed by atoms with E-state index in [9.17, 15) is 4.79 Å². The molecular formula is C18H21N5O. The molecule has 124 valence electrons. The monoisotopic (exact) mass is 323 g/mol. The molecular weight excluding hydrogens is 302 g/mol. The van der Waals surface area contributed by atoms with Gasteiger partial charge in [0, 0.05) is 12.4 Å². The van der Waals surface area contributed by atoms with Crippen LogP contribution < -0.4 is 5.32 Å². The van der Waals surface area contributed by atoms with Crippen molar-refractivity contribution in [1.29, 1.82) is 0 Å². The molecule has 2 atom stereocenters. The fourth-order valence-corrected chi connectivity index (χ4v) is 2.52. The number of nitrogens with zero attached hydrogens (tertiary/aromatic N) is 4. The van der Waals surface area contributed by atoms with Gasteiger partial charge in [-0.3, -0.25) is 4.79 Å². The number of carbonyl (C=O) groups is 1. The number of hydrogen-bond donors (Lipinski definition) is 1. The van der Waals surface area contributed by atoms with Gasteiger partial charge in [-0.25, -0.2) is 9.50 Å². The zero-order chi connectivity index (χ0) is 17.1. The highest BCUT2D eigenvalue weighted by atomic mass is 16.2. The maximum Gasteiger partial charge on any atom is 0.291 e. The molecule has 6 heteroatoms. The molecule has 0 aliphatic rings. The van der Waals surface area contributed by atoms with Crippen LogP contribution in [0.2, 0.25) is 0 Å². The van der Waals surface area contributed by atoms with Gasteiger partial charge in [0.2, 0.25) is 5.82 Å². The maximum absolute atomic E-state index is 12.3. The fourth-order valence-electron chi connectivity index (χ4n) is 2.52. The van der Waals surface area contributed by atoms with Crippen LogP contribution in [0.15, 0.2) is 42.7 Å². The molecule has 2 aromatic heterocycles. The molecule has 0 fully saturated rings. The summed E-state index contributed by atoms with van der Waals surface area (Å²) in [5.74, 6) is 0.766. The summed E-state index contributed by atoms with van der Waals surface area (Å²) in [5.41, 5.74) is 2.37. The summed E-state index contributed by atoms with van der Waals surface area (Å²) in [5, 5.41) is 7.07. The van der Waals surface area contributed by atoms with Crippen LogP contribution in [0.4, 0.5) is 0 Å². The predicted octanol–water partition coefficient (Wildman–Crippen LogP) is 3.13. The van der Waals surface area contributed by atoms with E-state index >= 15 is 0 Å². The summed E-state index contributed by atoms with van der Waals surface area (Å²) in [6.07, 6.45) is 4.44. The van der Waals surface area contributed by atoms with Gasteiger partial charge >= 0.3 is 0 Å². The Balaban J connectivity index is 1.71. The molecule has 3 rings (SSSR count). The van der Waals surface area contributed by atoms with Crippen LogP contribution in [0.25, 0.3) is 5.78 Å². The molecule has 6 nitrogen and oxygen atoms in total. The van der Waals surface area contributed by atoms with E-state index in [0.29, 0.717) is 11.7 Å². The summed E-state index contributed by atoms with van der Waals surface area (Å²) in [6, 6.07) is 9.99. The largest absolute Gasteiger partial charge is 0.343 e. The van der Waals surface area contributed by atoms with Crippen molar-refractivity contribution in [3.8, 4) is 0 Å². The van der Waals surface area contributed by atoms with Crippen LogP contribution in [0, 0.1) is 0 Å². The second kappa shape index (κ2) is 6.78. The molecule has 0 saturated heterocycles.